The van der Waals surface area contributed by atoms with Gasteiger partial charge >= 0.3 is 0 Å². The van der Waals surface area contributed by atoms with Crippen molar-refractivity contribution < 1.29 is 13.2 Å². The standard InChI is InChI=1S/C19H29F2N5.C9H10FN.C2H6/c1-5-24-13-10-17(26-14-19(2,3)23-18(24)26)25(15-22-4)12-7-6-8-16(21)9-11-20;1-4-7(2)5-9(6-11)8(3)10;1-2/h6,8-10,15H,5,7,11-14H2,1-4H3;4-5H,3H2,1-2H3;1-2H3/b8-6-,16-9+,22-15?;7-4-,9-5-;. The maximum absolute atomic E-state index is 13.2. The minimum atomic E-state index is -0.793. The van der Waals surface area contributed by atoms with Gasteiger partial charge in [-0.1, -0.05) is 38.2 Å². The predicted octanol–water partition coefficient (Wildman–Crippen LogP) is 7.25. The number of nitriles is 1. The largest absolute Gasteiger partial charge is 0.339 e. The van der Waals surface area contributed by atoms with Crippen LogP contribution in [0.4, 0.5) is 13.2 Å². The molecule has 2 rings (SSSR count). The van der Waals surface area contributed by atoms with Crippen LogP contribution < -0.4 is 0 Å². The Balaban J connectivity index is 0.000000935. The molecule has 0 aliphatic carbocycles. The molecule has 6 nitrogen and oxygen atoms in total. The number of allylic oxidation sites excluding steroid dienone is 8. The molecule has 39 heavy (non-hydrogen) atoms. The summed E-state index contributed by atoms with van der Waals surface area (Å²) in [6, 6.07) is 1.71. The highest BCUT2D eigenvalue weighted by Gasteiger charge is 2.38. The molecule has 0 N–H and O–H groups in total. The summed E-state index contributed by atoms with van der Waals surface area (Å²) in [4.78, 5) is 15.6. The molecule has 0 amide bonds. The minimum Gasteiger partial charge on any atom is -0.339 e. The van der Waals surface area contributed by atoms with Crippen molar-refractivity contribution in [2.24, 2.45) is 9.98 Å². The molecule has 9 heteroatoms. The third-order valence-corrected chi connectivity index (χ3v) is 5.50. The highest BCUT2D eigenvalue weighted by molar-refractivity contribution is 5.86. The number of likely N-dealkylation sites (N-methyl/N-ethyl adjacent to an activating group) is 1. The van der Waals surface area contributed by atoms with Crippen LogP contribution in [-0.4, -0.2) is 72.4 Å². The van der Waals surface area contributed by atoms with Crippen LogP contribution in [0.3, 0.4) is 0 Å². The van der Waals surface area contributed by atoms with Crippen molar-refractivity contribution in [3.8, 4) is 6.07 Å². The van der Waals surface area contributed by atoms with Crippen molar-refractivity contribution in [2.75, 3.05) is 39.9 Å². The normalized spacial score (nSPS) is 17.0. The summed E-state index contributed by atoms with van der Waals surface area (Å²) in [7, 11) is 1.73. The molecule has 0 fully saturated rings. The Bertz CT molecular complexity index is 1040. The van der Waals surface area contributed by atoms with Crippen LogP contribution in [0, 0.1) is 11.3 Å². The lowest BCUT2D eigenvalue weighted by atomic mass is 10.1. The number of rotatable bonds is 10. The lowest BCUT2D eigenvalue weighted by Gasteiger charge is -2.39. The van der Waals surface area contributed by atoms with Gasteiger partial charge in [-0.15, -0.1) is 0 Å². The van der Waals surface area contributed by atoms with Gasteiger partial charge < -0.3 is 9.80 Å². The number of halogens is 3. The number of hydrogen-bond acceptors (Lipinski definition) is 5. The first kappa shape index (κ1) is 35.5. The molecule has 0 aromatic heterocycles. The summed E-state index contributed by atoms with van der Waals surface area (Å²) in [6.45, 7) is 19.4. The Morgan fingerprint density at radius 3 is 2.51 bits per heavy atom. The number of fused-ring (bicyclic) bond motifs is 1. The maximum Gasteiger partial charge on any atom is 0.203 e. The Morgan fingerprint density at radius 1 is 1.33 bits per heavy atom. The summed E-state index contributed by atoms with van der Waals surface area (Å²) < 4.78 is 37.6. The first-order valence-electron chi connectivity index (χ1n) is 13.2. The van der Waals surface area contributed by atoms with Gasteiger partial charge in [-0.05, 0) is 65.3 Å². The van der Waals surface area contributed by atoms with Crippen LogP contribution in [0.15, 0.2) is 81.6 Å². The quantitative estimate of drug-likeness (QED) is 0.125. The molecule has 2 aliphatic heterocycles. The van der Waals surface area contributed by atoms with Crippen molar-refractivity contribution in [3.63, 3.8) is 0 Å². The Morgan fingerprint density at radius 2 is 2.00 bits per heavy atom. The van der Waals surface area contributed by atoms with E-state index in [1.165, 1.54) is 12.2 Å². The van der Waals surface area contributed by atoms with Gasteiger partial charge in [-0.2, -0.15) is 5.26 Å². The molecule has 0 saturated heterocycles. The second kappa shape index (κ2) is 18.7. The third kappa shape index (κ3) is 12.2. The average molecular weight is 547 g/mol. The second-order valence-corrected chi connectivity index (χ2v) is 9.02. The van der Waals surface area contributed by atoms with Crippen LogP contribution in [0.5, 0.6) is 0 Å². The van der Waals surface area contributed by atoms with Crippen LogP contribution in [0.2, 0.25) is 0 Å². The van der Waals surface area contributed by atoms with Gasteiger partial charge in [0.05, 0.1) is 24.0 Å². The third-order valence-electron chi connectivity index (χ3n) is 5.50. The monoisotopic (exact) mass is 546 g/mol. The second-order valence-electron chi connectivity index (χ2n) is 9.02. The molecular formula is C30H45F3N6. The Hall–Kier alpha value is -3.54. The SMILES string of the molecule is C=C(F)/C(C#N)=C\C(C)=C/C.CC.CCN1CC=C(N(C=NC)CC/C=C\C(F)=C/CF)N2CC(C)(C)N=C12. The molecule has 2 aliphatic rings. The fourth-order valence-electron chi connectivity index (χ4n) is 3.58. The van der Waals surface area contributed by atoms with Gasteiger partial charge in [0.1, 0.15) is 30.2 Å². The Labute approximate surface area is 233 Å². The summed E-state index contributed by atoms with van der Waals surface area (Å²) in [5.74, 6) is 0.817. The Kier molecular flexibility index (Phi) is 17.0. The molecule has 2 heterocycles. The van der Waals surface area contributed by atoms with E-state index in [0.717, 1.165) is 43.1 Å². The molecule has 0 aromatic rings. The lowest BCUT2D eigenvalue weighted by molar-refractivity contribution is 0.298. The fraction of sp³-hybridized carbons (Fsp3) is 0.500. The van der Waals surface area contributed by atoms with E-state index in [-0.39, 0.29) is 11.1 Å². The van der Waals surface area contributed by atoms with Gasteiger partial charge in [0.15, 0.2) is 0 Å². The number of hydrogen-bond donors (Lipinski definition) is 0. The fourth-order valence-corrected chi connectivity index (χ4v) is 3.58. The van der Waals surface area contributed by atoms with Crippen molar-refractivity contribution in [1.29, 1.82) is 5.26 Å². The summed E-state index contributed by atoms with van der Waals surface area (Å²) in [5, 5.41) is 8.39. The van der Waals surface area contributed by atoms with Crippen molar-refractivity contribution in [2.45, 2.75) is 60.4 Å². The number of aliphatic imine (C=N–C) groups is 2. The van der Waals surface area contributed by atoms with Crippen LogP contribution in [-0.2, 0) is 0 Å². The molecule has 0 unspecified atom stereocenters. The van der Waals surface area contributed by atoms with Crippen molar-refractivity contribution in [1.82, 2.24) is 14.7 Å². The van der Waals surface area contributed by atoms with Crippen molar-refractivity contribution in [3.05, 3.63) is 71.7 Å². The van der Waals surface area contributed by atoms with E-state index >= 15 is 0 Å². The molecule has 0 atom stereocenters. The van der Waals surface area contributed by atoms with E-state index in [9.17, 15) is 13.2 Å². The van der Waals surface area contributed by atoms with Gasteiger partial charge in [0.25, 0.3) is 0 Å². The van der Waals surface area contributed by atoms with E-state index in [1.807, 2.05) is 20.8 Å². The summed E-state index contributed by atoms with van der Waals surface area (Å²) in [6.07, 6.45) is 11.8. The highest BCUT2D eigenvalue weighted by Crippen LogP contribution is 2.29. The number of alkyl halides is 1. The first-order chi connectivity index (χ1) is 18.5. The van der Waals surface area contributed by atoms with Gasteiger partial charge in [-0.3, -0.25) is 9.89 Å². The molecule has 0 spiro atoms. The summed E-state index contributed by atoms with van der Waals surface area (Å²) in [5.41, 5.74) is 0.697. The predicted molar refractivity (Wildman–Crippen MR) is 158 cm³/mol. The number of nitrogens with zero attached hydrogens (tertiary/aromatic N) is 6. The molecule has 0 aromatic carbocycles. The van der Waals surface area contributed by atoms with Gasteiger partial charge in [0.2, 0.25) is 5.96 Å². The van der Waals surface area contributed by atoms with E-state index in [2.05, 4.69) is 53.1 Å². The minimum absolute atomic E-state index is 0.0133. The highest BCUT2D eigenvalue weighted by atomic mass is 19.1. The lowest BCUT2D eigenvalue weighted by Crippen LogP contribution is -2.49. The zero-order valence-corrected chi connectivity index (χ0v) is 24.8. The van der Waals surface area contributed by atoms with Crippen LogP contribution in [0.1, 0.15) is 54.9 Å². The topological polar surface area (TPSA) is 58.2 Å². The smallest absolute Gasteiger partial charge is 0.203 e. The summed E-state index contributed by atoms with van der Waals surface area (Å²) >= 11 is 0. The average Bonchev–Trinajstić information content (AvgIpc) is 3.24. The van der Waals surface area contributed by atoms with E-state index in [4.69, 9.17) is 10.3 Å². The molecule has 216 valence electrons. The van der Waals surface area contributed by atoms with Crippen LogP contribution in [0.25, 0.3) is 0 Å². The van der Waals surface area contributed by atoms with E-state index in [0.29, 0.717) is 13.0 Å². The zero-order chi connectivity index (χ0) is 30.0. The van der Waals surface area contributed by atoms with Crippen LogP contribution >= 0.6 is 0 Å². The molecule has 0 bridgehead atoms. The zero-order valence-electron chi connectivity index (χ0n) is 24.8. The maximum atomic E-state index is 13.2. The van der Waals surface area contributed by atoms with Gasteiger partial charge in [0, 0.05) is 26.7 Å². The molecule has 0 saturated carbocycles. The van der Waals surface area contributed by atoms with E-state index in [1.54, 1.807) is 38.5 Å². The molecular weight excluding hydrogens is 501 g/mol. The van der Waals surface area contributed by atoms with Gasteiger partial charge in [-0.25, -0.2) is 18.2 Å². The first-order valence-corrected chi connectivity index (χ1v) is 13.2. The van der Waals surface area contributed by atoms with Crippen molar-refractivity contribution >= 4 is 12.3 Å². The molecule has 0 radical (unpaired) electrons. The number of guanidine groups is 1. The van der Waals surface area contributed by atoms with E-state index < -0.39 is 18.3 Å².